The Labute approximate surface area is 111 Å². The third kappa shape index (κ3) is 3.26. The minimum absolute atomic E-state index is 0.421. The van der Waals surface area contributed by atoms with Crippen LogP contribution in [0.3, 0.4) is 0 Å². The average Bonchev–Trinajstić information content (AvgIpc) is 2.25. The Morgan fingerprint density at radius 1 is 0.706 bits per heavy atom. The minimum Gasteiger partial charge on any atom is -0.0648 e. The molecule has 0 aromatic rings. The van der Waals surface area contributed by atoms with Gasteiger partial charge in [0.1, 0.15) is 0 Å². The SMILES string of the molecule is CCC(C)(C(C)C)C(C)C(C)C(C)(C)C(C)C. The highest BCUT2D eigenvalue weighted by Crippen LogP contribution is 2.49. The fourth-order valence-corrected chi connectivity index (χ4v) is 3.00. The van der Waals surface area contributed by atoms with Crippen LogP contribution in [-0.2, 0) is 0 Å². The van der Waals surface area contributed by atoms with Crippen molar-refractivity contribution in [2.75, 3.05) is 0 Å². The zero-order chi connectivity index (χ0) is 14.0. The van der Waals surface area contributed by atoms with Gasteiger partial charge in [-0.25, -0.2) is 0 Å². The van der Waals surface area contributed by atoms with Crippen LogP contribution in [0.4, 0.5) is 0 Å². The Bertz CT molecular complexity index is 224. The van der Waals surface area contributed by atoms with Gasteiger partial charge in [-0.1, -0.05) is 75.7 Å². The molecule has 0 aliphatic heterocycles. The van der Waals surface area contributed by atoms with Crippen molar-refractivity contribution < 1.29 is 0 Å². The third-order valence-electron chi connectivity index (χ3n) is 6.53. The summed E-state index contributed by atoms with van der Waals surface area (Å²) in [6.45, 7) is 24.1. The molecule has 3 atom stereocenters. The molecule has 0 radical (unpaired) electrons. The molecule has 0 nitrogen and oxygen atoms in total. The summed E-state index contributed by atoms with van der Waals surface area (Å²) in [6.07, 6.45) is 1.28. The van der Waals surface area contributed by atoms with E-state index in [4.69, 9.17) is 0 Å². The van der Waals surface area contributed by atoms with E-state index in [9.17, 15) is 0 Å². The van der Waals surface area contributed by atoms with Crippen LogP contribution in [-0.4, -0.2) is 0 Å². The summed E-state index contributed by atoms with van der Waals surface area (Å²) in [5.74, 6) is 3.03. The van der Waals surface area contributed by atoms with Gasteiger partial charge in [0.2, 0.25) is 0 Å². The largest absolute Gasteiger partial charge is 0.0648 e. The van der Waals surface area contributed by atoms with Crippen LogP contribution in [0.5, 0.6) is 0 Å². The van der Waals surface area contributed by atoms with Gasteiger partial charge in [-0.2, -0.15) is 0 Å². The van der Waals surface area contributed by atoms with Crippen molar-refractivity contribution in [3.8, 4) is 0 Å². The van der Waals surface area contributed by atoms with E-state index in [2.05, 4.69) is 69.2 Å². The molecule has 0 saturated heterocycles. The predicted molar refractivity (Wildman–Crippen MR) is 80.2 cm³/mol. The highest BCUT2D eigenvalue weighted by molar-refractivity contribution is 4.90. The van der Waals surface area contributed by atoms with Gasteiger partial charge in [0, 0.05) is 0 Å². The molecule has 0 heterocycles. The van der Waals surface area contributed by atoms with Gasteiger partial charge in [-0.05, 0) is 34.5 Å². The predicted octanol–water partition coefficient (Wildman–Crippen LogP) is 6.01. The van der Waals surface area contributed by atoms with Crippen LogP contribution in [0, 0.1) is 34.5 Å². The van der Waals surface area contributed by atoms with E-state index in [0.717, 1.165) is 23.7 Å². The van der Waals surface area contributed by atoms with E-state index in [-0.39, 0.29) is 0 Å². The molecular formula is C17H36. The van der Waals surface area contributed by atoms with E-state index in [1.165, 1.54) is 6.42 Å². The number of rotatable bonds is 6. The van der Waals surface area contributed by atoms with Gasteiger partial charge < -0.3 is 0 Å². The van der Waals surface area contributed by atoms with Crippen molar-refractivity contribution in [2.45, 2.75) is 75.7 Å². The fourth-order valence-electron chi connectivity index (χ4n) is 3.00. The van der Waals surface area contributed by atoms with Crippen LogP contribution < -0.4 is 0 Å². The van der Waals surface area contributed by atoms with Crippen molar-refractivity contribution in [3.05, 3.63) is 0 Å². The fraction of sp³-hybridized carbons (Fsp3) is 1.00. The van der Waals surface area contributed by atoms with Crippen molar-refractivity contribution in [3.63, 3.8) is 0 Å². The molecule has 0 aromatic carbocycles. The first-order valence-electron chi connectivity index (χ1n) is 7.51. The first-order valence-corrected chi connectivity index (χ1v) is 7.51. The average molecular weight is 240 g/mol. The molecule has 0 aromatic heterocycles. The second kappa shape index (κ2) is 5.76. The molecule has 0 saturated carbocycles. The van der Waals surface area contributed by atoms with Gasteiger partial charge in [-0.3, -0.25) is 0 Å². The normalized spacial score (nSPS) is 20.5. The number of hydrogen-bond acceptors (Lipinski definition) is 0. The van der Waals surface area contributed by atoms with Gasteiger partial charge in [0.05, 0.1) is 0 Å². The standard InChI is InChI=1S/C17H36/c1-11-17(10,13(4)5)15(7)14(6)16(8,9)12(2)3/h12-15H,11H2,1-10H3. The maximum absolute atomic E-state index is 2.48. The highest BCUT2D eigenvalue weighted by Gasteiger charge is 2.41. The molecular weight excluding hydrogens is 204 g/mol. The van der Waals surface area contributed by atoms with Crippen LogP contribution >= 0.6 is 0 Å². The molecule has 0 heteroatoms. The Morgan fingerprint density at radius 3 is 1.35 bits per heavy atom. The first-order chi connectivity index (χ1) is 7.51. The summed E-state index contributed by atoms with van der Waals surface area (Å²) in [4.78, 5) is 0. The molecule has 0 spiro atoms. The lowest BCUT2D eigenvalue weighted by Crippen LogP contribution is -2.41. The molecule has 0 fully saturated rings. The molecule has 0 N–H and O–H groups in total. The topological polar surface area (TPSA) is 0 Å². The second-order valence-electron chi connectivity index (χ2n) is 7.57. The quantitative estimate of drug-likeness (QED) is 0.533. The Hall–Kier alpha value is 0. The molecule has 0 aliphatic rings. The van der Waals surface area contributed by atoms with E-state index < -0.39 is 0 Å². The highest BCUT2D eigenvalue weighted by atomic mass is 14.5. The Balaban J connectivity index is 5.10. The zero-order valence-corrected chi connectivity index (χ0v) is 14.0. The third-order valence-corrected chi connectivity index (χ3v) is 6.53. The second-order valence-corrected chi connectivity index (χ2v) is 7.57. The summed E-state index contributed by atoms with van der Waals surface area (Å²) in [5, 5.41) is 0. The monoisotopic (exact) mass is 240 g/mol. The van der Waals surface area contributed by atoms with Crippen molar-refractivity contribution >= 4 is 0 Å². The lowest BCUT2D eigenvalue weighted by atomic mass is 9.57. The summed E-state index contributed by atoms with van der Waals surface area (Å²) in [6, 6.07) is 0. The van der Waals surface area contributed by atoms with E-state index in [1.54, 1.807) is 0 Å². The summed E-state index contributed by atoms with van der Waals surface area (Å²) >= 11 is 0. The Kier molecular flexibility index (Phi) is 5.76. The van der Waals surface area contributed by atoms with Crippen LogP contribution in [0.2, 0.25) is 0 Å². The maximum Gasteiger partial charge on any atom is -0.0277 e. The van der Waals surface area contributed by atoms with Gasteiger partial charge in [0.25, 0.3) is 0 Å². The smallest absolute Gasteiger partial charge is 0.0277 e. The van der Waals surface area contributed by atoms with Gasteiger partial charge >= 0.3 is 0 Å². The first kappa shape index (κ1) is 17.0. The molecule has 17 heavy (non-hydrogen) atoms. The molecule has 0 aliphatic carbocycles. The zero-order valence-electron chi connectivity index (χ0n) is 14.0. The van der Waals surface area contributed by atoms with Crippen molar-refractivity contribution in [2.24, 2.45) is 34.5 Å². The van der Waals surface area contributed by atoms with Gasteiger partial charge in [-0.15, -0.1) is 0 Å². The van der Waals surface area contributed by atoms with Crippen LogP contribution in [0.15, 0.2) is 0 Å². The van der Waals surface area contributed by atoms with E-state index in [1.807, 2.05) is 0 Å². The molecule has 3 unspecified atom stereocenters. The van der Waals surface area contributed by atoms with Gasteiger partial charge in [0.15, 0.2) is 0 Å². The number of hydrogen-bond donors (Lipinski definition) is 0. The summed E-state index contributed by atoms with van der Waals surface area (Å²) < 4.78 is 0. The van der Waals surface area contributed by atoms with Crippen LogP contribution in [0.25, 0.3) is 0 Å². The minimum atomic E-state index is 0.421. The molecule has 0 rings (SSSR count). The van der Waals surface area contributed by atoms with E-state index in [0.29, 0.717) is 10.8 Å². The molecule has 104 valence electrons. The summed E-state index contributed by atoms with van der Waals surface area (Å²) in [7, 11) is 0. The molecule has 0 amide bonds. The van der Waals surface area contributed by atoms with E-state index >= 15 is 0 Å². The van der Waals surface area contributed by atoms with Crippen molar-refractivity contribution in [1.82, 2.24) is 0 Å². The summed E-state index contributed by atoms with van der Waals surface area (Å²) in [5.41, 5.74) is 0.885. The Morgan fingerprint density at radius 2 is 1.12 bits per heavy atom. The lowest BCUT2D eigenvalue weighted by Gasteiger charge is -2.48. The van der Waals surface area contributed by atoms with Crippen molar-refractivity contribution in [1.29, 1.82) is 0 Å². The lowest BCUT2D eigenvalue weighted by molar-refractivity contribution is 0.00622. The van der Waals surface area contributed by atoms with Crippen LogP contribution in [0.1, 0.15) is 75.7 Å². The maximum atomic E-state index is 2.48. The molecule has 0 bridgehead atoms.